The maximum absolute atomic E-state index is 9.11. The molecule has 4 heteroatoms. The van der Waals surface area contributed by atoms with Crippen molar-refractivity contribution in [2.75, 3.05) is 6.61 Å². The average Bonchev–Trinajstić information content (AvgIpc) is 2.50. The molecule has 1 aromatic rings. The Morgan fingerprint density at radius 1 is 1.50 bits per heavy atom. The first-order valence-corrected chi connectivity index (χ1v) is 4.40. The number of aryl methyl sites for hydroxylation is 1. The predicted octanol–water partition coefficient (Wildman–Crippen LogP) is 2.03. The quantitative estimate of drug-likeness (QED) is 0.818. The van der Waals surface area contributed by atoms with Crippen LogP contribution in [0.4, 0.5) is 0 Å². The van der Waals surface area contributed by atoms with Gasteiger partial charge in [0.1, 0.15) is 11.5 Å². The van der Waals surface area contributed by atoms with Gasteiger partial charge in [-0.05, 0) is 19.1 Å². The highest BCUT2D eigenvalue weighted by Crippen LogP contribution is 2.31. The number of hydrogen-bond donors (Lipinski definition) is 2. The Hall–Kier alpha value is -0.510. The molecule has 0 aliphatic heterocycles. The lowest BCUT2D eigenvalue weighted by atomic mass is 9.84. The molecule has 14 heavy (non-hydrogen) atoms. The predicted molar refractivity (Wildman–Crippen MR) is 58.5 cm³/mol. The van der Waals surface area contributed by atoms with Gasteiger partial charge in [-0.15, -0.1) is 12.4 Å². The summed E-state index contributed by atoms with van der Waals surface area (Å²) in [6.45, 7) is 5.75. The van der Waals surface area contributed by atoms with Crippen LogP contribution in [0.25, 0.3) is 0 Å². The topological polar surface area (TPSA) is 59.4 Å². The smallest absolute Gasteiger partial charge is 0.121 e. The summed E-state index contributed by atoms with van der Waals surface area (Å²) >= 11 is 0. The molecule has 0 aliphatic rings. The van der Waals surface area contributed by atoms with Crippen molar-refractivity contribution in [3.8, 4) is 0 Å². The zero-order valence-corrected chi connectivity index (χ0v) is 9.60. The van der Waals surface area contributed by atoms with Crippen molar-refractivity contribution < 1.29 is 9.52 Å². The van der Waals surface area contributed by atoms with Crippen molar-refractivity contribution in [2.45, 2.75) is 26.8 Å². The van der Waals surface area contributed by atoms with Crippen LogP contribution in [0, 0.1) is 12.3 Å². The highest BCUT2D eigenvalue weighted by molar-refractivity contribution is 5.85. The van der Waals surface area contributed by atoms with E-state index in [0.29, 0.717) is 0 Å². The molecule has 0 aromatic carbocycles. The molecule has 0 saturated heterocycles. The Morgan fingerprint density at radius 2 is 2.07 bits per heavy atom. The minimum atomic E-state index is -0.343. The van der Waals surface area contributed by atoms with E-state index in [1.807, 2.05) is 32.9 Å². The van der Waals surface area contributed by atoms with Crippen LogP contribution in [-0.4, -0.2) is 11.7 Å². The van der Waals surface area contributed by atoms with Gasteiger partial charge < -0.3 is 15.3 Å². The SMILES string of the molecule is Cc1ccc([C@@H](N)C(C)(C)CO)o1.Cl. The minimum Gasteiger partial charge on any atom is -0.465 e. The Morgan fingerprint density at radius 3 is 2.43 bits per heavy atom. The molecule has 0 unspecified atom stereocenters. The molecule has 1 rings (SSSR count). The molecule has 0 amide bonds. The fourth-order valence-corrected chi connectivity index (χ4v) is 1.10. The normalized spacial score (nSPS) is 13.5. The fraction of sp³-hybridized carbons (Fsp3) is 0.600. The summed E-state index contributed by atoms with van der Waals surface area (Å²) in [6.07, 6.45) is 0. The van der Waals surface area contributed by atoms with E-state index in [1.165, 1.54) is 0 Å². The van der Waals surface area contributed by atoms with Crippen LogP contribution in [0.1, 0.15) is 31.4 Å². The molecule has 3 nitrogen and oxygen atoms in total. The number of aliphatic hydroxyl groups is 1. The third-order valence-electron chi connectivity index (χ3n) is 2.32. The number of furan rings is 1. The largest absolute Gasteiger partial charge is 0.465 e. The zero-order chi connectivity index (χ0) is 10.1. The highest BCUT2D eigenvalue weighted by atomic mass is 35.5. The lowest BCUT2D eigenvalue weighted by molar-refractivity contribution is 0.122. The maximum Gasteiger partial charge on any atom is 0.121 e. The Bertz CT molecular complexity index is 283. The van der Waals surface area contributed by atoms with Gasteiger partial charge in [0.25, 0.3) is 0 Å². The minimum absolute atomic E-state index is 0. The first kappa shape index (κ1) is 13.5. The molecule has 0 bridgehead atoms. The van der Waals surface area contributed by atoms with E-state index in [0.717, 1.165) is 11.5 Å². The van der Waals surface area contributed by atoms with E-state index in [2.05, 4.69) is 0 Å². The van der Waals surface area contributed by atoms with Crippen LogP contribution in [0.15, 0.2) is 16.5 Å². The first-order chi connectivity index (χ1) is 5.97. The third kappa shape index (κ3) is 2.74. The fourth-order valence-electron chi connectivity index (χ4n) is 1.10. The zero-order valence-electron chi connectivity index (χ0n) is 8.78. The van der Waals surface area contributed by atoms with Gasteiger partial charge in [-0.2, -0.15) is 0 Å². The summed E-state index contributed by atoms with van der Waals surface area (Å²) in [7, 11) is 0. The molecule has 82 valence electrons. The van der Waals surface area contributed by atoms with Crippen LogP contribution in [0.2, 0.25) is 0 Å². The monoisotopic (exact) mass is 219 g/mol. The number of nitrogens with two attached hydrogens (primary N) is 1. The molecule has 0 fully saturated rings. The summed E-state index contributed by atoms with van der Waals surface area (Å²) in [4.78, 5) is 0. The summed E-state index contributed by atoms with van der Waals surface area (Å²) in [5, 5.41) is 9.11. The average molecular weight is 220 g/mol. The number of aliphatic hydroxyl groups excluding tert-OH is 1. The first-order valence-electron chi connectivity index (χ1n) is 4.40. The van der Waals surface area contributed by atoms with Gasteiger partial charge in [-0.1, -0.05) is 13.8 Å². The van der Waals surface area contributed by atoms with Gasteiger partial charge in [0.15, 0.2) is 0 Å². The number of halogens is 1. The van der Waals surface area contributed by atoms with Crippen LogP contribution >= 0.6 is 12.4 Å². The van der Waals surface area contributed by atoms with E-state index < -0.39 is 0 Å². The number of hydrogen-bond acceptors (Lipinski definition) is 3. The molecule has 0 saturated carbocycles. The van der Waals surface area contributed by atoms with Crippen molar-refractivity contribution in [2.24, 2.45) is 11.1 Å². The second-order valence-electron chi connectivity index (χ2n) is 4.07. The second kappa shape index (κ2) is 4.82. The van der Waals surface area contributed by atoms with E-state index in [1.54, 1.807) is 0 Å². The van der Waals surface area contributed by atoms with Crippen molar-refractivity contribution in [3.05, 3.63) is 23.7 Å². The molecular formula is C10H18ClNO2. The van der Waals surface area contributed by atoms with Crippen molar-refractivity contribution in [1.82, 2.24) is 0 Å². The Labute approximate surface area is 90.7 Å². The van der Waals surface area contributed by atoms with Crippen molar-refractivity contribution in [1.29, 1.82) is 0 Å². The van der Waals surface area contributed by atoms with Gasteiger partial charge in [0, 0.05) is 5.41 Å². The van der Waals surface area contributed by atoms with Crippen LogP contribution < -0.4 is 5.73 Å². The summed E-state index contributed by atoms with van der Waals surface area (Å²) < 4.78 is 5.40. The van der Waals surface area contributed by atoms with Crippen LogP contribution in [0.5, 0.6) is 0 Å². The van der Waals surface area contributed by atoms with Gasteiger partial charge in [-0.25, -0.2) is 0 Å². The van der Waals surface area contributed by atoms with E-state index >= 15 is 0 Å². The summed E-state index contributed by atoms with van der Waals surface area (Å²) in [5.41, 5.74) is 5.60. The van der Waals surface area contributed by atoms with Crippen LogP contribution in [-0.2, 0) is 0 Å². The van der Waals surface area contributed by atoms with Crippen molar-refractivity contribution in [3.63, 3.8) is 0 Å². The number of rotatable bonds is 3. The summed E-state index contributed by atoms with van der Waals surface area (Å²) in [5.74, 6) is 1.58. The molecule has 1 atom stereocenters. The lowest BCUT2D eigenvalue weighted by Gasteiger charge is -2.27. The van der Waals surface area contributed by atoms with Gasteiger partial charge in [0.2, 0.25) is 0 Å². The molecule has 0 radical (unpaired) electrons. The Balaban J connectivity index is 0.00000169. The highest BCUT2D eigenvalue weighted by Gasteiger charge is 2.29. The molecule has 1 aromatic heterocycles. The van der Waals surface area contributed by atoms with E-state index in [-0.39, 0.29) is 30.5 Å². The standard InChI is InChI=1S/C10H17NO2.ClH/c1-7-4-5-8(13-7)9(11)10(2,3)6-12;/h4-5,9,12H,6,11H2,1-3H3;1H/t9-;/m1./s1. The van der Waals surface area contributed by atoms with Crippen molar-refractivity contribution >= 4 is 12.4 Å². The Kier molecular flexibility index (Phi) is 4.65. The van der Waals surface area contributed by atoms with Gasteiger partial charge in [-0.3, -0.25) is 0 Å². The van der Waals surface area contributed by atoms with Crippen LogP contribution in [0.3, 0.4) is 0 Å². The molecular weight excluding hydrogens is 202 g/mol. The summed E-state index contributed by atoms with van der Waals surface area (Å²) in [6, 6.07) is 3.48. The van der Waals surface area contributed by atoms with Gasteiger partial charge in [0.05, 0.1) is 12.6 Å². The van der Waals surface area contributed by atoms with E-state index in [4.69, 9.17) is 15.3 Å². The van der Waals surface area contributed by atoms with E-state index in [9.17, 15) is 0 Å². The molecule has 0 spiro atoms. The molecule has 0 aliphatic carbocycles. The third-order valence-corrected chi connectivity index (χ3v) is 2.32. The second-order valence-corrected chi connectivity index (χ2v) is 4.07. The maximum atomic E-state index is 9.11. The molecule has 1 heterocycles. The van der Waals surface area contributed by atoms with Gasteiger partial charge >= 0.3 is 0 Å². The molecule has 3 N–H and O–H groups in total. The lowest BCUT2D eigenvalue weighted by Crippen LogP contribution is -2.32.